The first kappa shape index (κ1) is 13.8. The van der Waals surface area contributed by atoms with Crippen LogP contribution in [0.2, 0.25) is 0 Å². The van der Waals surface area contributed by atoms with E-state index >= 15 is 0 Å². The van der Waals surface area contributed by atoms with E-state index in [1.54, 1.807) is 18.3 Å². The summed E-state index contributed by atoms with van der Waals surface area (Å²) in [5.41, 5.74) is 2.06. The van der Waals surface area contributed by atoms with E-state index in [0.717, 1.165) is 30.5 Å². The predicted octanol–water partition coefficient (Wildman–Crippen LogP) is 2.85. The molecular weight excluding hydrogens is 269 g/mol. The van der Waals surface area contributed by atoms with E-state index in [1.807, 2.05) is 11.1 Å². The van der Waals surface area contributed by atoms with Crippen LogP contribution in [0.1, 0.15) is 36.4 Å². The number of rotatable bonds is 4. The van der Waals surface area contributed by atoms with Gasteiger partial charge in [0.05, 0.1) is 12.2 Å². The molecule has 3 rings (SSSR count). The van der Waals surface area contributed by atoms with E-state index in [-0.39, 0.29) is 17.8 Å². The van der Waals surface area contributed by atoms with Crippen LogP contribution in [0.25, 0.3) is 0 Å². The largest absolute Gasteiger partial charge is 0.336 e. The first-order chi connectivity index (χ1) is 10.2. The molecular formula is C16H18FN3O. The van der Waals surface area contributed by atoms with Crippen molar-refractivity contribution >= 4 is 5.91 Å². The molecule has 5 heteroatoms. The second-order valence-corrected chi connectivity index (χ2v) is 5.40. The van der Waals surface area contributed by atoms with Gasteiger partial charge < -0.3 is 4.90 Å². The van der Waals surface area contributed by atoms with Gasteiger partial charge in [0.2, 0.25) is 5.91 Å². The third-order valence-corrected chi connectivity index (χ3v) is 4.01. The van der Waals surface area contributed by atoms with E-state index in [0.29, 0.717) is 12.8 Å². The van der Waals surface area contributed by atoms with Crippen LogP contribution in [-0.2, 0) is 11.2 Å². The molecule has 0 spiro atoms. The zero-order chi connectivity index (χ0) is 14.7. The van der Waals surface area contributed by atoms with Gasteiger partial charge in [0.1, 0.15) is 5.82 Å². The molecule has 1 aliphatic heterocycles. The molecule has 2 heterocycles. The molecule has 1 saturated heterocycles. The molecule has 1 amide bonds. The van der Waals surface area contributed by atoms with Gasteiger partial charge in [-0.05, 0) is 42.5 Å². The average molecular weight is 287 g/mol. The van der Waals surface area contributed by atoms with E-state index < -0.39 is 0 Å². The lowest BCUT2D eigenvalue weighted by Gasteiger charge is -2.25. The highest BCUT2D eigenvalue weighted by Crippen LogP contribution is 2.32. The molecule has 1 aromatic carbocycles. The summed E-state index contributed by atoms with van der Waals surface area (Å²) >= 11 is 0. The van der Waals surface area contributed by atoms with E-state index in [9.17, 15) is 9.18 Å². The van der Waals surface area contributed by atoms with Crippen LogP contribution in [0.15, 0.2) is 36.7 Å². The smallest absolute Gasteiger partial charge is 0.223 e. The highest BCUT2D eigenvalue weighted by molar-refractivity contribution is 5.77. The highest BCUT2D eigenvalue weighted by atomic mass is 19.1. The van der Waals surface area contributed by atoms with Gasteiger partial charge in [-0.1, -0.05) is 12.1 Å². The Bertz CT molecular complexity index is 594. The first-order valence-electron chi connectivity index (χ1n) is 7.26. The maximum Gasteiger partial charge on any atom is 0.223 e. The molecule has 4 nitrogen and oxygen atoms in total. The molecule has 110 valence electrons. The van der Waals surface area contributed by atoms with Crippen LogP contribution in [0.5, 0.6) is 0 Å². The van der Waals surface area contributed by atoms with Gasteiger partial charge in [-0.25, -0.2) is 4.39 Å². The number of halogens is 1. The summed E-state index contributed by atoms with van der Waals surface area (Å²) in [6, 6.07) is 6.56. The topological polar surface area (TPSA) is 49.0 Å². The van der Waals surface area contributed by atoms with Crippen LogP contribution < -0.4 is 0 Å². The summed E-state index contributed by atoms with van der Waals surface area (Å²) in [6.07, 6.45) is 6.69. The van der Waals surface area contributed by atoms with Crippen molar-refractivity contribution in [3.05, 3.63) is 53.6 Å². The number of nitrogens with zero attached hydrogens (tertiary/aromatic N) is 2. The van der Waals surface area contributed by atoms with Crippen LogP contribution in [0.3, 0.4) is 0 Å². The van der Waals surface area contributed by atoms with Crippen molar-refractivity contribution in [3.63, 3.8) is 0 Å². The summed E-state index contributed by atoms with van der Waals surface area (Å²) < 4.78 is 13.0. The number of carbonyl (C=O) groups is 1. The number of likely N-dealkylation sites (tertiary alicyclic amines) is 1. The molecule has 1 N–H and O–H groups in total. The maximum atomic E-state index is 13.0. The number of carbonyl (C=O) groups excluding carboxylic acids is 1. The second kappa shape index (κ2) is 6.08. The predicted molar refractivity (Wildman–Crippen MR) is 77.0 cm³/mol. The third-order valence-electron chi connectivity index (χ3n) is 4.01. The molecule has 1 aliphatic rings. The molecule has 0 bridgehead atoms. The Balaban J connectivity index is 1.65. The number of H-pyrrole nitrogens is 1. The fraction of sp³-hybridized carbons (Fsp3) is 0.375. The third kappa shape index (κ3) is 3.12. The zero-order valence-corrected chi connectivity index (χ0v) is 11.8. The number of hydrogen-bond donors (Lipinski definition) is 1. The number of aromatic amines is 1. The Morgan fingerprint density at radius 1 is 1.38 bits per heavy atom. The lowest BCUT2D eigenvalue weighted by Crippen LogP contribution is -2.30. The Hall–Kier alpha value is -2.17. The van der Waals surface area contributed by atoms with Gasteiger partial charge in [0.15, 0.2) is 0 Å². The second-order valence-electron chi connectivity index (χ2n) is 5.40. The van der Waals surface area contributed by atoms with Gasteiger partial charge in [-0.3, -0.25) is 9.89 Å². The maximum absolute atomic E-state index is 13.0. The van der Waals surface area contributed by atoms with Crippen LogP contribution in [0.4, 0.5) is 4.39 Å². The van der Waals surface area contributed by atoms with Crippen LogP contribution >= 0.6 is 0 Å². The number of amides is 1. The van der Waals surface area contributed by atoms with Gasteiger partial charge in [0, 0.05) is 19.2 Å². The number of aryl methyl sites for hydroxylation is 1. The summed E-state index contributed by atoms with van der Waals surface area (Å²) in [7, 11) is 0. The minimum Gasteiger partial charge on any atom is -0.336 e. The average Bonchev–Trinajstić information content (AvgIpc) is 3.17. The van der Waals surface area contributed by atoms with E-state index in [4.69, 9.17) is 0 Å². The van der Waals surface area contributed by atoms with Crippen LogP contribution in [0, 0.1) is 5.82 Å². The normalized spacial score (nSPS) is 18.1. The van der Waals surface area contributed by atoms with Gasteiger partial charge in [0.25, 0.3) is 0 Å². The summed E-state index contributed by atoms with van der Waals surface area (Å²) in [6.45, 7) is 0.784. The van der Waals surface area contributed by atoms with Crippen molar-refractivity contribution in [1.82, 2.24) is 15.1 Å². The first-order valence-corrected chi connectivity index (χ1v) is 7.26. The highest BCUT2D eigenvalue weighted by Gasteiger charge is 2.29. The number of nitrogens with one attached hydrogen (secondary N) is 1. The zero-order valence-electron chi connectivity index (χ0n) is 11.8. The van der Waals surface area contributed by atoms with Crippen molar-refractivity contribution in [2.45, 2.75) is 31.7 Å². The SMILES string of the molecule is O=C(CCc1cn[nH]c1)N1CCC[C@@H]1c1ccc(F)cc1. The summed E-state index contributed by atoms with van der Waals surface area (Å²) in [4.78, 5) is 14.3. The lowest BCUT2D eigenvalue weighted by atomic mass is 10.0. The molecule has 0 unspecified atom stereocenters. The Morgan fingerprint density at radius 3 is 2.90 bits per heavy atom. The standard InChI is InChI=1S/C16H18FN3O/c17-14-6-4-13(5-7-14)15-2-1-9-20(15)16(21)8-3-12-10-18-19-11-12/h4-7,10-11,15H,1-3,8-9H2,(H,18,19)/t15-/m1/s1. The van der Waals surface area contributed by atoms with Crippen molar-refractivity contribution < 1.29 is 9.18 Å². The molecule has 0 aliphatic carbocycles. The van der Waals surface area contributed by atoms with Gasteiger partial charge in [-0.2, -0.15) is 5.10 Å². The fourth-order valence-electron chi connectivity index (χ4n) is 2.91. The summed E-state index contributed by atoms with van der Waals surface area (Å²) in [5, 5.41) is 6.64. The quantitative estimate of drug-likeness (QED) is 0.940. The molecule has 1 fully saturated rings. The number of hydrogen-bond acceptors (Lipinski definition) is 2. The number of benzene rings is 1. The van der Waals surface area contributed by atoms with Crippen molar-refractivity contribution in [1.29, 1.82) is 0 Å². The van der Waals surface area contributed by atoms with Crippen molar-refractivity contribution in [3.8, 4) is 0 Å². The molecule has 0 radical (unpaired) electrons. The Kier molecular flexibility index (Phi) is 3.99. The van der Waals surface area contributed by atoms with Crippen molar-refractivity contribution in [2.24, 2.45) is 0 Å². The lowest BCUT2D eigenvalue weighted by molar-refractivity contribution is -0.132. The fourth-order valence-corrected chi connectivity index (χ4v) is 2.91. The van der Waals surface area contributed by atoms with Crippen molar-refractivity contribution in [2.75, 3.05) is 6.54 Å². The van der Waals surface area contributed by atoms with Gasteiger partial charge >= 0.3 is 0 Å². The Labute approximate surface area is 123 Å². The Morgan fingerprint density at radius 2 is 2.19 bits per heavy atom. The number of aromatic nitrogens is 2. The van der Waals surface area contributed by atoms with Gasteiger partial charge in [-0.15, -0.1) is 0 Å². The molecule has 0 saturated carbocycles. The van der Waals surface area contributed by atoms with E-state index in [2.05, 4.69) is 10.2 Å². The minimum absolute atomic E-state index is 0.0856. The monoisotopic (exact) mass is 287 g/mol. The molecule has 21 heavy (non-hydrogen) atoms. The molecule has 1 aromatic heterocycles. The minimum atomic E-state index is -0.241. The van der Waals surface area contributed by atoms with Crippen LogP contribution in [-0.4, -0.2) is 27.5 Å². The molecule has 2 aromatic rings. The summed E-state index contributed by atoms with van der Waals surface area (Å²) in [5.74, 6) is -0.0855. The van der Waals surface area contributed by atoms with E-state index in [1.165, 1.54) is 12.1 Å². The molecule has 1 atom stereocenters.